The monoisotopic (exact) mass is 274 g/mol. The molecule has 0 aliphatic carbocycles. The van der Waals surface area contributed by atoms with Crippen LogP contribution in [0.4, 0.5) is 11.4 Å². The fourth-order valence-corrected chi connectivity index (χ4v) is 2.51. The SMILES string of the molecule is Nc1cc(N)cc(-c2nnnn2CCC2CCCO2)c1. The number of rotatable bonds is 4. The smallest absolute Gasteiger partial charge is 0.182 e. The number of nitrogen functional groups attached to an aromatic ring is 2. The van der Waals surface area contributed by atoms with E-state index >= 15 is 0 Å². The summed E-state index contributed by atoms with van der Waals surface area (Å²) in [5.74, 6) is 0.682. The predicted molar refractivity (Wildman–Crippen MR) is 75.7 cm³/mol. The summed E-state index contributed by atoms with van der Waals surface area (Å²) in [6.45, 7) is 1.58. The second kappa shape index (κ2) is 5.46. The van der Waals surface area contributed by atoms with Gasteiger partial charge in [0, 0.05) is 30.1 Å². The molecule has 2 aromatic rings. The number of ether oxygens (including phenoxy) is 1. The summed E-state index contributed by atoms with van der Waals surface area (Å²) in [5.41, 5.74) is 13.7. The van der Waals surface area contributed by atoms with E-state index in [1.54, 1.807) is 10.7 Å². The molecule has 0 spiro atoms. The first-order valence-corrected chi connectivity index (χ1v) is 6.76. The highest BCUT2D eigenvalue weighted by Crippen LogP contribution is 2.23. The van der Waals surface area contributed by atoms with E-state index in [0.29, 0.717) is 23.3 Å². The summed E-state index contributed by atoms with van der Waals surface area (Å²) in [6.07, 6.45) is 3.48. The standard InChI is InChI=1S/C13H18N6O/c14-10-6-9(7-11(15)8-10)13-16-17-18-19(13)4-3-12-2-1-5-20-12/h6-8,12H,1-5,14-15H2. The zero-order chi connectivity index (χ0) is 13.9. The van der Waals surface area contributed by atoms with Crippen LogP contribution in [0.1, 0.15) is 19.3 Å². The average Bonchev–Trinajstić information content (AvgIpc) is 3.06. The van der Waals surface area contributed by atoms with E-state index in [1.807, 2.05) is 12.1 Å². The molecule has 7 nitrogen and oxygen atoms in total. The van der Waals surface area contributed by atoms with Gasteiger partial charge in [-0.25, -0.2) is 4.68 Å². The van der Waals surface area contributed by atoms with Crippen molar-refractivity contribution < 1.29 is 4.74 Å². The maximum absolute atomic E-state index is 5.81. The number of nitrogens with two attached hydrogens (primary N) is 2. The molecule has 0 bridgehead atoms. The third kappa shape index (κ3) is 2.72. The molecule has 3 rings (SSSR count). The molecule has 20 heavy (non-hydrogen) atoms. The van der Waals surface area contributed by atoms with Crippen LogP contribution < -0.4 is 11.5 Å². The van der Waals surface area contributed by atoms with E-state index < -0.39 is 0 Å². The van der Waals surface area contributed by atoms with Gasteiger partial charge in [0.1, 0.15) is 0 Å². The average molecular weight is 274 g/mol. The van der Waals surface area contributed by atoms with Crippen molar-refractivity contribution in [2.75, 3.05) is 18.1 Å². The Morgan fingerprint density at radius 2 is 2.05 bits per heavy atom. The fourth-order valence-electron chi connectivity index (χ4n) is 2.51. The van der Waals surface area contributed by atoms with E-state index in [0.717, 1.165) is 38.0 Å². The fraction of sp³-hybridized carbons (Fsp3) is 0.462. The number of benzene rings is 1. The summed E-state index contributed by atoms with van der Waals surface area (Å²) >= 11 is 0. The predicted octanol–water partition coefficient (Wildman–Crippen LogP) is 1.07. The molecule has 0 radical (unpaired) electrons. The van der Waals surface area contributed by atoms with Gasteiger partial charge >= 0.3 is 0 Å². The van der Waals surface area contributed by atoms with Gasteiger partial charge in [-0.2, -0.15) is 0 Å². The first-order valence-electron chi connectivity index (χ1n) is 6.76. The molecule has 1 aliphatic rings. The largest absolute Gasteiger partial charge is 0.399 e. The highest BCUT2D eigenvalue weighted by atomic mass is 16.5. The highest BCUT2D eigenvalue weighted by molar-refractivity contribution is 5.67. The van der Waals surface area contributed by atoms with Crippen molar-refractivity contribution in [3.8, 4) is 11.4 Å². The number of aryl methyl sites for hydroxylation is 1. The molecule has 7 heteroatoms. The van der Waals surface area contributed by atoms with Crippen LogP contribution in [0.5, 0.6) is 0 Å². The molecule has 4 N–H and O–H groups in total. The number of aromatic nitrogens is 4. The van der Waals surface area contributed by atoms with Crippen LogP contribution in [0.3, 0.4) is 0 Å². The lowest BCUT2D eigenvalue weighted by molar-refractivity contribution is 0.0994. The number of hydrogen-bond donors (Lipinski definition) is 2. The summed E-state index contributed by atoms with van der Waals surface area (Å²) in [5, 5.41) is 11.8. The lowest BCUT2D eigenvalue weighted by atomic mass is 10.1. The minimum atomic E-state index is 0.318. The number of hydrogen-bond acceptors (Lipinski definition) is 6. The number of anilines is 2. The lowest BCUT2D eigenvalue weighted by Gasteiger charge is -2.10. The minimum absolute atomic E-state index is 0.318. The van der Waals surface area contributed by atoms with Gasteiger partial charge < -0.3 is 16.2 Å². The molecule has 0 amide bonds. The zero-order valence-corrected chi connectivity index (χ0v) is 11.2. The van der Waals surface area contributed by atoms with Crippen LogP contribution >= 0.6 is 0 Å². The minimum Gasteiger partial charge on any atom is -0.399 e. The van der Waals surface area contributed by atoms with Gasteiger partial charge in [0.05, 0.1) is 6.10 Å². The van der Waals surface area contributed by atoms with Gasteiger partial charge in [-0.05, 0) is 47.9 Å². The van der Waals surface area contributed by atoms with Crippen LogP contribution in [0.15, 0.2) is 18.2 Å². The molecule has 1 aliphatic heterocycles. The molecule has 1 atom stereocenters. The molecule has 1 aromatic heterocycles. The zero-order valence-electron chi connectivity index (χ0n) is 11.2. The van der Waals surface area contributed by atoms with Gasteiger partial charge in [0.25, 0.3) is 0 Å². The number of tetrazole rings is 1. The maximum atomic E-state index is 5.81. The van der Waals surface area contributed by atoms with Crippen LogP contribution in [0.25, 0.3) is 11.4 Å². The van der Waals surface area contributed by atoms with Crippen molar-refractivity contribution in [2.45, 2.75) is 31.9 Å². The number of nitrogens with zero attached hydrogens (tertiary/aromatic N) is 4. The van der Waals surface area contributed by atoms with Gasteiger partial charge in [-0.1, -0.05) is 0 Å². The molecular formula is C13H18N6O. The van der Waals surface area contributed by atoms with Gasteiger partial charge in [0.2, 0.25) is 0 Å². The second-order valence-corrected chi connectivity index (χ2v) is 5.04. The van der Waals surface area contributed by atoms with Crippen molar-refractivity contribution >= 4 is 11.4 Å². The third-order valence-corrected chi connectivity index (χ3v) is 3.45. The van der Waals surface area contributed by atoms with Crippen LogP contribution in [-0.2, 0) is 11.3 Å². The van der Waals surface area contributed by atoms with E-state index in [9.17, 15) is 0 Å². The van der Waals surface area contributed by atoms with E-state index in [1.165, 1.54) is 0 Å². The van der Waals surface area contributed by atoms with Crippen molar-refractivity contribution in [1.82, 2.24) is 20.2 Å². The summed E-state index contributed by atoms with van der Waals surface area (Å²) in [6, 6.07) is 5.36. The summed E-state index contributed by atoms with van der Waals surface area (Å²) < 4.78 is 7.39. The van der Waals surface area contributed by atoms with Crippen molar-refractivity contribution in [3.63, 3.8) is 0 Å². The topological polar surface area (TPSA) is 105 Å². The molecule has 1 unspecified atom stereocenters. The Morgan fingerprint density at radius 3 is 2.75 bits per heavy atom. The normalized spacial score (nSPS) is 18.5. The lowest BCUT2D eigenvalue weighted by Crippen LogP contribution is -2.12. The first-order chi connectivity index (χ1) is 9.72. The van der Waals surface area contributed by atoms with E-state index in [-0.39, 0.29) is 0 Å². The van der Waals surface area contributed by atoms with Crippen LogP contribution in [0, 0.1) is 0 Å². The Hall–Kier alpha value is -2.15. The van der Waals surface area contributed by atoms with Crippen LogP contribution in [0.2, 0.25) is 0 Å². The molecule has 1 fully saturated rings. The molecule has 0 saturated carbocycles. The second-order valence-electron chi connectivity index (χ2n) is 5.04. The molecule has 106 valence electrons. The van der Waals surface area contributed by atoms with Crippen molar-refractivity contribution in [2.24, 2.45) is 0 Å². The molecule has 1 aromatic carbocycles. The maximum Gasteiger partial charge on any atom is 0.182 e. The summed E-state index contributed by atoms with van der Waals surface area (Å²) in [7, 11) is 0. The Morgan fingerprint density at radius 1 is 1.25 bits per heavy atom. The molecule has 2 heterocycles. The summed E-state index contributed by atoms with van der Waals surface area (Å²) in [4.78, 5) is 0. The Balaban J connectivity index is 1.78. The van der Waals surface area contributed by atoms with Crippen molar-refractivity contribution in [3.05, 3.63) is 18.2 Å². The van der Waals surface area contributed by atoms with Crippen molar-refractivity contribution in [1.29, 1.82) is 0 Å². The van der Waals surface area contributed by atoms with Crippen LogP contribution in [-0.4, -0.2) is 32.9 Å². The van der Waals surface area contributed by atoms with Gasteiger partial charge in [0.15, 0.2) is 5.82 Å². The Labute approximate surface area is 116 Å². The first kappa shape index (κ1) is 12.9. The van der Waals surface area contributed by atoms with E-state index in [4.69, 9.17) is 16.2 Å². The van der Waals surface area contributed by atoms with Gasteiger partial charge in [-0.3, -0.25) is 0 Å². The van der Waals surface area contributed by atoms with Gasteiger partial charge in [-0.15, -0.1) is 5.10 Å². The highest BCUT2D eigenvalue weighted by Gasteiger charge is 2.17. The Bertz CT molecular complexity index is 570. The molecular weight excluding hydrogens is 256 g/mol. The molecule has 1 saturated heterocycles. The van der Waals surface area contributed by atoms with E-state index in [2.05, 4.69) is 15.5 Å². The third-order valence-electron chi connectivity index (χ3n) is 3.45. The quantitative estimate of drug-likeness (QED) is 0.808. The Kier molecular flexibility index (Phi) is 3.51.